The van der Waals surface area contributed by atoms with E-state index in [4.69, 9.17) is 39.0 Å². The molecule has 6 unspecified atom stereocenters. The predicted molar refractivity (Wildman–Crippen MR) is 171 cm³/mol. The number of nitrogen functional groups attached to an aromatic ring is 2. The Morgan fingerprint density at radius 1 is 0.840 bits per heavy atom. The highest BCUT2D eigenvalue weighted by atomic mass is 32.2. The van der Waals surface area contributed by atoms with E-state index in [0.717, 1.165) is 11.8 Å². The molecule has 0 radical (unpaired) electrons. The van der Waals surface area contributed by atoms with Gasteiger partial charge in [0.15, 0.2) is 39.9 Å². The highest BCUT2D eigenvalue weighted by molar-refractivity contribution is 7.98. The van der Waals surface area contributed by atoms with Crippen LogP contribution in [0.2, 0.25) is 0 Å². The number of fused-ring (bicyclic) bond motifs is 4. The molecule has 7 heterocycles. The normalized spacial score (nSPS) is 35.2. The second kappa shape index (κ2) is 12.9. The number of H-pyrrole nitrogens is 2. The van der Waals surface area contributed by atoms with Gasteiger partial charge in [0.1, 0.15) is 42.4 Å². The van der Waals surface area contributed by atoms with E-state index in [2.05, 4.69) is 42.5 Å². The van der Waals surface area contributed by atoms with Crippen molar-refractivity contribution >= 4 is 74.3 Å². The first-order valence-corrected chi connectivity index (χ1v) is 19.1. The van der Waals surface area contributed by atoms with Gasteiger partial charge in [0, 0.05) is 5.75 Å². The number of rotatable bonds is 4. The smallest absolute Gasteiger partial charge is 0.386 e. The van der Waals surface area contributed by atoms with Crippen LogP contribution in [0, 0.1) is 0 Å². The molecule has 0 spiro atoms. The van der Waals surface area contributed by atoms with Crippen molar-refractivity contribution < 1.29 is 56.7 Å². The number of nitrogens with zero attached hydrogens (tertiary/aromatic N) is 6. The molecule has 24 nitrogen and oxygen atoms in total. The van der Waals surface area contributed by atoms with E-state index in [1.54, 1.807) is 6.26 Å². The van der Waals surface area contributed by atoms with E-state index in [1.807, 2.05) is 0 Å². The van der Waals surface area contributed by atoms with Crippen LogP contribution in [-0.2, 0) is 42.5 Å². The van der Waals surface area contributed by atoms with Gasteiger partial charge in [-0.15, -0.1) is 0 Å². The van der Waals surface area contributed by atoms with E-state index < -0.39 is 89.1 Å². The first kappa shape index (κ1) is 35.5. The molecule has 0 aliphatic carbocycles. The zero-order chi connectivity index (χ0) is 35.9. The van der Waals surface area contributed by atoms with Crippen molar-refractivity contribution in [1.82, 2.24) is 39.0 Å². The number of aliphatic hydroxyl groups is 2. The zero-order valence-corrected chi connectivity index (χ0v) is 28.7. The number of aromatic nitrogens is 8. The maximum atomic E-state index is 13.3. The Morgan fingerprint density at radius 2 is 1.30 bits per heavy atom. The van der Waals surface area contributed by atoms with Crippen LogP contribution in [-0.4, -0.2) is 115 Å². The number of imidazole rings is 2. The van der Waals surface area contributed by atoms with Crippen LogP contribution in [0.4, 0.5) is 11.9 Å². The van der Waals surface area contributed by atoms with Gasteiger partial charge in [0.2, 0.25) is 11.9 Å². The molecule has 28 heteroatoms. The predicted octanol–water partition coefficient (Wildman–Crippen LogP) is -1.90. The summed E-state index contributed by atoms with van der Waals surface area (Å²) in [6, 6.07) is 0. The quantitative estimate of drug-likeness (QED) is 0.0620. The molecule has 10 N–H and O–H groups in total. The molecule has 0 saturated carbocycles. The third-order valence-electron chi connectivity index (χ3n) is 7.94. The maximum Gasteiger partial charge on any atom is 0.472 e. The second-order valence-electron chi connectivity index (χ2n) is 11.1. The number of nitrogens with one attached hydrogen (secondary N) is 2. The highest BCUT2D eigenvalue weighted by Gasteiger charge is 2.54. The Morgan fingerprint density at radius 3 is 1.78 bits per heavy atom. The largest absolute Gasteiger partial charge is 0.472 e. The van der Waals surface area contributed by atoms with Crippen molar-refractivity contribution in [2.75, 3.05) is 30.9 Å². The molecule has 3 aliphatic heterocycles. The number of aromatic amines is 2. The lowest BCUT2D eigenvalue weighted by atomic mass is 10.1. The van der Waals surface area contributed by atoms with E-state index >= 15 is 0 Å². The minimum absolute atomic E-state index is 0.0696. The summed E-state index contributed by atoms with van der Waals surface area (Å²) in [4.78, 5) is 67.6. The minimum atomic E-state index is -5.15. The lowest BCUT2D eigenvalue weighted by Gasteiger charge is -2.27. The summed E-state index contributed by atoms with van der Waals surface area (Å²) in [7, 11) is -10.3. The number of aliphatic hydroxyl groups excluding tert-OH is 2. The zero-order valence-electron chi connectivity index (χ0n) is 25.2. The number of thiol groups is 1. The average molecular weight is 783 g/mol. The number of anilines is 2. The Kier molecular flexibility index (Phi) is 9.17. The lowest BCUT2D eigenvalue weighted by molar-refractivity contribution is -0.0677. The molecule has 4 aromatic heterocycles. The van der Waals surface area contributed by atoms with Gasteiger partial charge in [-0.3, -0.25) is 46.8 Å². The molecular formula is C22H28N10O14P2S2. The molecule has 0 aromatic carbocycles. The molecule has 272 valence electrons. The molecule has 3 saturated heterocycles. The molecule has 4 aromatic rings. The molecule has 50 heavy (non-hydrogen) atoms. The average Bonchev–Trinajstić information content (AvgIpc) is 3.76. The summed E-state index contributed by atoms with van der Waals surface area (Å²) in [6.45, 7) is -1.78. The van der Waals surface area contributed by atoms with Crippen LogP contribution in [0.3, 0.4) is 0 Å². The number of hydrogen-bond donors (Lipinski definition) is 9. The highest BCUT2D eigenvalue weighted by Crippen LogP contribution is 2.54. The van der Waals surface area contributed by atoms with E-state index in [1.165, 1.54) is 9.13 Å². The van der Waals surface area contributed by atoms with E-state index in [-0.39, 0.29) is 51.0 Å². The van der Waals surface area contributed by atoms with E-state index in [0.29, 0.717) is 0 Å². The third-order valence-corrected chi connectivity index (χ3v) is 10.9. The molecule has 7 rings (SSSR count). The first-order chi connectivity index (χ1) is 23.6. The Balaban J connectivity index is 1.21. The van der Waals surface area contributed by atoms with Crippen LogP contribution in [0.1, 0.15) is 18.3 Å². The standard InChI is InChI=1S/C22H28N10O14P2S2/c1-50-22-26-9-15(28-21(24)30-17(9)36)32(22)19-11(34)13-6(44-19)3-42-47(37,38)45-12-5(2-41-48(39,40)46-13)43-18(10(12)33)31-7(4-49)25-8-14(31)27-20(23)29-16(8)35/h5-6,10-13,18-19,33-34,49H,2-4H2,1H3,(H,37,38)(H,39,40)(H3,23,27,29,35)(H3,24,28,30,36)/t5-,6-,10?,11?,12?,13?,18-,19-/m1/s1. The molecule has 3 aliphatic rings. The van der Waals surface area contributed by atoms with Gasteiger partial charge in [0.05, 0.1) is 13.2 Å². The van der Waals surface area contributed by atoms with Gasteiger partial charge in [-0.25, -0.2) is 19.1 Å². The molecular weight excluding hydrogens is 754 g/mol. The summed E-state index contributed by atoms with van der Waals surface area (Å²) in [5.74, 6) is -0.608. The number of phosphoric ester groups is 2. The second-order valence-corrected chi connectivity index (χ2v) is 15.0. The fraction of sp³-hybridized carbons (Fsp3) is 0.545. The van der Waals surface area contributed by atoms with Crippen LogP contribution in [0.25, 0.3) is 22.3 Å². The Bertz CT molecular complexity index is 2050. The summed E-state index contributed by atoms with van der Waals surface area (Å²) in [5, 5.41) is 22.8. The van der Waals surface area contributed by atoms with Crippen LogP contribution in [0.15, 0.2) is 14.7 Å². The molecule has 0 bridgehead atoms. The number of phosphoric acid groups is 2. The van der Waals surface area contributed by atoms with Gasteiger partial charge < -0.3 is 40.9 Å². The monoisotopic (exact) mass is 782 g/mol. The fourth-order valence-corrected chi connectivity index (χ4v) is 8.60. The van der Waals surface area contributed by atoms with Crippen LogP contribution >= 0.6 is 40.0 Å². The van der Waals surface area contributed by atoms with Crippen LogP contribution in [0.5, 0.6) is 0 Å². The van der Waals surface area contributed by atoms with Gasteiger partial charge in [0.25, 0.3) is 11.1 Å². The molecule has 10 atom stereocenters. The minimum Gasteiger partial charge on any atom is -0.386 e. The van der Waals surface area contributed by atoms with Crippen molar-refractivity contribution in [3.05, 3.63) is 26.5 Å². The van der Waals surface area contributed by atoms with Crippen molar-refractivity contribution in [1.29, 1.82) is 0 Å². The summed E-state index contributed by atoms with van der Waals surface area (Å²) in [5.41, 5.74) is 9.43. The Hall–Kier alpha value is -2.94. The van der Waals surface area contributed by atoms with E-state index in [9.17, 15) is 38.7 Å². The van der Waals surface area contributed by atoms with Gasteiger partial charge in [-0.1, -0.05) is 11.8 Å². The SMILES string of the molecule is CSc1nc2c(=O)[nH]c(N)nc2n1[C@@H]1O[C@@H]2COP(=O)(O)OC3C(O)[C@H](n4c(CS)nc5c(=O)[nH]c(N)nc54)O[C@@H]3COP(=O)(O)OC2C1O. The van der Waals surface area contributed by atoms with Crippen molar-refractivity contribution in [3.8, 4) is 0 Å². The van der Waals surface area contributed by atoms with Crippen LogP contribution < -0.4 is 22.6 Å². The van der Waals surface area contributed by atoms with Crippen molar-refractivity contribution in [2.45, 2.75) is 60.0 Å². The fourth-order valence-electron chi connectivity index (χ4n) is 5.88. The Labute approximate surface area is 287 Å². The number of thioether (sulfide) groups is 1. The van der Waals surface area contributed by atoms with Gasteiger partial charge >= 0.3 is 15.6 Å². The maximum absolute atomic E-state index is 13.3. The summed E-state index contributed by atoms with van der Waals surface area (Å²) in [6.07, 6.45) is -11.7. The summed E-state index contributed by atoms with van der Waals surface area (Å²) < 4.78 is 61.8. The number of nitrogens with two attached hydrogens (primary N) is 2. The lowest BCUT2D eigenvalue weighted by Crippen LogP contribution is -2.39. The topological polar surface area (TPSA) is 350 Å². The first-order valence-electron chi connectivity index (χ1n) is 14.3. The van der Waals surface area contributed by atoms with Gasteiger partial charge in [-0.05, 0) is 6.26 Å². The van der Waals surface area contributed by atoms with Crippen molar-refractivity contribution in [3.63, 3.8) is 0 Å². The molecule has 3 fully saturated rings. The third kappa shape index (κ3) is 6.17. The van der Waals surface area contributed by atoms with Gasteiger partial charge in [-0.2, -0.15) is 22.6 Å². The number of ether oxygens (including phenoxy) is 2. The summed E-state index contributed by atoms with van der Waals surface area (Å²) >= 11 is 5.25. The number of hydrogen-bond acceptors (Lipinski definition) is 20. The molecule has 0 amide bonds. The van der Waals surface area contributed by atoms with Crippen molar-refractivity contribution in [2.24, 2.45) is 0 Å².